The number of imidazole rings is 1. The van der Waals surface area contributed by atoms with E-state index >= 15 is 0 Å². The van der Waals surface area contributed by atoms with Crippen molar-refractivity contribution in [3.63, 3.8) is 0 Å². The number of aryl methyl sites for hydroxylation is 2. The smallest absolute Gasteiger partial charge is 0.224 e. The number of hydrogen-bond acceptors (Lipinski definition) is 2. The molecule has 0 aliphatic carbocycles. The van der Waals surface area contributed by atoms with E-state index in [1.807, 2.05) is 24.3 Å². The summed E-state index contributed by atoms with van der Waals surface area (Å²) in [5.74, 6) is 1.14. The average molecular weight is 496 g/mol. The predicted molar refractivity (Wildman–Crippen MR) is 148 cm³/mol. The second-order valence-electron chi connectivity index (χ2n) is 9.57. The summed E-state index contributed by atoms with van der Waals surface area (Å²) < 4.78 is 2.39. The van der Waals surface area contributed by atoms with Crippen molar-refractivity contribution in [1.29, 1.82) is 0 Å². The molecule has 3 rings (SSSR count). The van der Waals surface area contributed by atoms with Gasteiger partial charge in [-0.1, -0.05) is 107 Å². The Balaban J connectivity index is 1.40. The van der Waals surface area contributed by atoms with Gasteiger partial charge in [0.15, 0.2) is 0 Å². The minimum Gasteiger partial charge on any atom is -0.356 e. The zero-order valence-corrected chi connectivity index (χ0v) is 22.2. The van der Waals surface area contributed by atoms with Crippen LogP contribution in [0, 0.1) is 0 Å². The van der Waals surface area contributed by atoms with E-state index in [4.69, 9.17) is 16.6 Å². The van der Waals surface area contributed by atoms with Crippen LogP contribution in [-0.4, -0.2) is 22.0 Å². The third kappa shape index (κ3) is 9.33. The molecule has 35 heavy (non-hydrogen) atoms. The van der Waals surface area contributed by atoms with Crippen LogP contribution in [0.5, 0.6) is 0 Å². The fourth-order valence-corrected chi connectivity index (χ4v) is 4.88. The summed E-state index contributed by atoms with van der Waals surface area (Å²) in [7, 11) is 0. The minimum atomic E-state index is 0.0111. The monoisotopic (exact) mass is 495 g/mol. The molecule has 1 amide bonds. The topological polar surface area (TPSA) is 46.9 Å². The molecule has 0 spiro atoms. The van der Waals surface area contributed by atoms with Gasteiger partial charge in [-0.2, -0.15) is 0 Å². The molecule has 0 saturated heterocycles. The summed E-state index contributed by atoms with van der Waals surface area (Å²) in [5, 5.41) is 3.68. The first-order valence-corrected chi connectivity index (χ1v) is 14.0. The van der Waals surface area contributed by atoms with E-state index in [-0.39, 0.29) is 5.91 Å². The number of para-hydroxylation sites is 2. The van der Waals surface area contributed by atoms with Gasteiger partial charge in [0.2, 0.25) is 5.91 Å². The Kier molecular flexibility index (Phi) is 12.2. The Morgan fingerprint density at radius 2 is 1.51 bits per heavy atom. The number of carbonyl (C=O) groups excluding carboxylic acids is 1. The fraction of sp³-hybridized carbons (Fsp3) is 0.533. The Labute approximate surface area is 216 Å². The molecule has 0 unspecified atom stereocenters. The predicted octanol–water partition coefficient (Wildman–Crippen LogP) is 7.90. The van der Waals surface area contributed by atoms with E-state index in [1.165, 1.54) is 69.7 Å². The molecule has 0 fully saturated rings. The summed E-state index contributed by atoms with van der Waals surface area (Å²) in [6, 6.07) is 15.9. The maximum atomic E-state index is 12.3. The van der Waals surface area contributed by atoms with Crippen LogP contribution in [0.25, 0.3) is 11.0 Å². The van der Waals surface area contributed by atoms with Gasteiger partial charge in [-0.3, -0.25) is 4.79 Å². The lowest BCUT2D eigenvalue weighted by atomic mass is 10.1. The van der Waals surface area contributed by atoms with Crippen molar-refractivity contribution in [2.75, 3.05) is 6.54 Å². The van der Waals surface area contributed by atoms with Crippen LogP contribution in [0.3, 0.4) is 0 Å². The summed E-state index contributed by atoms with van der Waals surface area (Å²) in [6.07, 6.45) is 15.5. The fourth-order valence-electron chi connectivity index (χ4n) is 4.67. The average Bonchev–Trinajstić information content (AvgIpc) is 3.22. The van der Waals surface area contributed by atoms with E-state index in [1.54, 1.807) is 0 Å². The summed E-state index contributed by atoms with van der Waals surface area (Å²) in [5.41, 5.74) is 3.16. The van der Waals surface area contributed by atoms with Crippen LogP contribution in [0.1, 0.15) is 88.9 Å². The van der Waals surface area contributed by atoms with Crippen LogP contribution in [-0.2, 0) is 24.2 Å². The number of unbranched alkanes of at least 4 members (excludes halogenated alkanes) is 9. The van der Waals surface area contributed by atoms with E-state index in [0.29, 0.717) is 18.0 Å². The van der Waals surface area contributed by atoms with Gasteiger partial charge in [-0.05, 0) is 36.6 Å². The molecule has 0 bridgehead atoms. The second kappa shape index (κ2) is 15.6. The van der Waals surface area contributed by atoms with E-state index < -0.39 is 0 Å². The van der Waals surface area contributed by atoms with Gasteiger partial charge in [0.1, 0.15) is 5.82 Å². The van der Waals surface area contributed by atoms with Crippen molar-refractivity contribution in [3.05, 3.63) is 64.9 Å². The van der Waals surface area contributed by atoms with Crippen molar-refractivity contribution >= 4 is 28.5 Å². The maximum Gasteiger partial charge on any atom is 0.224 e. The first kappa shape index (κ1) is 27.3. The molecule has 0 aliphatic heterocycles. The SMILES string of the molecule is CCCCCCCCCCCCn1c(CCCNC(=O)Cc2ccccc2Cl)nc2ccccc21. The molecule has 1 aromatic heterocycles. The third-order valence-electron chi connectivity index (χ3n) is 6.68. The van der Waals surface area contributed by atoms with Gasteiger partial charge in [-0.25, -0.2) is 4.98 Å². The van der Waals surface area contributed by atoms with Gasteiger partial charge < -0.3 is 9.88 Å². The molecule has 5 heteroatoms. The lowest BCUT2D eigenvalue weighted by Crippen LogP contribution is -2.26. The molecule has 0 aliphatic rings. The number of hydrogen-bond donors (Lipinski definition) is 1. The number of aromatic nitrogens is 2. The summed E-state index contributed by atoms with van der Waals surface area (Å²) >= 11 is 6.17. The zero-order valence-electron chi connectivity index (χ0n) is 21.4. The molecule has 4 nitrogen and oxygen atoms in total. The number of benzene rings is 2. The Bertz CT molecular complexity index is 1030. The van der Waals surface area contributed by atoms with Crippen molar-refractivity contribution in [2.24, 2.45) is 0 Å². The molecule has 0 saturated carbocycles. The van der Waals surface area contributed by atoms with Gasteiger partial charge in [0, 0.05) is 24.5 Å². The van der Waals surface area contributed by atoms with Gasteiger partial charge in [-0.15, -0.1) is 0 Å². The number of rotatable bonds is 17. The Morgan fingerprint density at radius 3 is 2.26 bits per heavy atom. The van der Waals surface area contributed by atoms with E-state index in [0.717, 1.165) is 36.3 Å². The van der Waals surface area contributed by atoms with Crippen LogP contribution in [0.15, 0.2) is 48.5 Å². The highest BCUT2D eigenvalue weighted by Gasteiger charge is 2.11. The third-order valence-corrected chi connectivity index (χ3v) is 7.05. The highest BCUT2D eigenvalue weighted by Crippen LogP contribution is 2.19. The minimum absolute atomic E-state index is 0.0111. The van der Waals surface area contributed by atoms with Crippen molar-refractivity contribution in [3.8, 4) is 0 Å². The second-order valence-corrected chi connectivity index (χ2v) is 9.98. The summed E-state index contributed by atoms with van der Waals surface area (Å²) in [6.45, 7) is 3.94. The molecule has 3 aromatic rings. The van der Waals surface area contributed by atoms with Gasteiger partial charge in [0.25, 0.3) is 0 Å². The number of fused-ring (bicyclic) bond motifs is 1. The number of nitrogens with zero attached hydrogens (tertiary/aromatic N) is 2. The number of carbonyl (C=O) groups is 1. The van der Waals surface area contributed by atoms with Crippen LogP contribution in [0.2, 0.25) is 5.02 Å². The quantitative estimate of drug-likeness (QED) is 0.193. The lowest BCUT2D eigenvalue weighted by Gasteiger charge is -2.10. The normalized spacial score (nSPS) is 11.3. The molecule has 2 aromatic carbocycles. The highest BCUT2D eigenvalue weighted by molar-refractivity contribution is 6.31. The Morgan fingerprint density at radius 1 is 0.857 bits per heavy atom. The van der Waals surface area contributed by atoms with Crippen molar-refractivity contribution in [1.82, 2.24) is 14.9 Å². The van der Waals surface area contributed by atoms with Gasteiger partial charge in [0.05, 0.1) is 17.5 Å². The molecule has 1 N–H and O–H groups in total. The number of nitrogens with one attached hydrogen (secondary N) is 1. The molecular formula is C30H42ClN3O. The standard InChI is InChI=1S/C30H42ClN3O/c1-2-3-4-5-6-7-8-9-10-15-23-34-28-20-14-13-19-27(28)33-29(34)21-16-22-32-30(35)24-25-17-11-12-18-26(25)31/h11-14,17-20H,2-10,15-16,21-24H2,1H3,(H,32,35). The first-order chi connectivity index (χ1) is 17.2. The first-order valence-electron chi connectivity index (χ1n) is 13.6. The molecule has 0 atom stereocenters. The largest absolute Gasteiger partial charge is 0.356 e. The maximum absolute atomic E-state index is 12.3. The van der Waals surface area contributed by atoms with E-state index in [9.17, 15) is 4.79 Å². The lowest BCUT2D eigenvalue weighted by molar-refractivity contribution is -0.120. The zero-order chi connectivity index (χ0) is 24.7. The van der Waals surface area contributed by atoms with Crippen LogP contribution >= 0.6 is 11.6 Å². The van der Waals surface area contributed by atoms with Crippen LogP contribution in [0.4, 0.5) is 0 Å². The van der Waals surface area contributed by atoms with Gasteiger partial charge >= 0.3 is 0 Å². The Hall–Kier alpha value is -2.33. The molecule has 1 heterocycles. The van der Waals surface area contributed by atoms with Crippen molar-refractivity contribution in [2.45, 2.75) is 96.9 Å². The van der Waals surface area contributed by atoms with E-state index in [2.05, 4.69) is 41.1 Å². The number of amides is 1. The highest BCUT2D eigenvalue weighted by atomic mass is 35.5. The number of halogens is 1. The molecule has 190 valence electrons. The molecule has 0 radical (unpaired) electrons. The van der Waals surface area contributed by atoms with Crippen LogP contribution < -0.4 is 5.32 Å². The summed E-state index contributed by atoms with van der Waals surface area (Å²) in [4.78, 5) is 17.2. The van der Waals surface area contributed by atoms with Crippen molar-refractivity contribution < 1.29 is 4.79 Å². The molecular weight excluding hydrogens is 454 g/mol.